The van der Waals surface area contributed by atoms with E-state index < -0.39 is 5.82 Å². The molecule has 0 radical (unpaired) electrons. The average Bonchev–Trinajstić information content (AvgIpc) is 2.89. The van der Waals surface area contributed by atoms with Crippen LogP contribution in [0.25, 0.3) is 0 Å². The molecular formula is C17H16FNO. The van der Waals surface area contributed by atoms with Crippen LogP contribution in [0, 0.1) is 5.82 Å². The van der Waals surface area contributed by atoms with Crippen molar-refractivity contribution in [2.75, 3.05) is 5.73 Å². The van der Waals surface area contributed by atoms with Crippen LogP contribution in [-0.4, -0.2) is 5.78 Å². The molecule has 1 aliphatic carbocycles. The number of nitrogens with two attached hydrogens (primary N) is 1. The normalized spacial score (nSPS) is 13.2. The molecular weight excluding hydrogens is 253 g/mol. The number of benzene rings is 2. The number of anilines is 1. The molecule has 20 heavy (non-hydrogen) atoms. The standard InChI is InChI=1S/C17H16FNO/c18-15-6-2-5-14(17(15)19)16(20)10-11-7-8-12-3-1-4-13(12)9-11/h2,5-9H,1,3-4,10,19H2. The first-order valence-corrected chi connectivity index (χ1v) is 6.83. The van der Waals surface area contributed by atoms with Crippen LogP contribution in [0.2, 0.25) is 0 Å². The molecule has 0 aliphatic heterocycles. The van der Waals surface area contributed by atoms with Gasteiger partial charge in [-0.15, -0.1) is 0 Å². The third kappa shape index (κ3) is 2.31. The number of aryl methyl sites for hydroxylation is 2. The van der Waals surface area contributed by atoms with Crippen LogP contribution >= 0.6 is 0 Å². The molecule has 2 N–H and O–H groups in total. The van der Waals surface area contributed by atoms with E-state index in [1.807, 2.05) is 6.07 Å². The molecule has 1 aliphatic rings. The fourth-order valence-electron chi connectivity index (χ4n) is 2.80. The Morgan fingerprint density at radius 1 is 1.15 bits per heavy atom. The monoisotopic (exact) mass is 269 g/mol. The third-order valence-corrected chi connectivity index (χ3v) is 3.88. The van der Waals surface area contributed by atoms with Crippen LogP contribution < -0.4 is 5.73 Å². The van der Waals surface area contributed by atoms with Crippen LogP contribution in [0.4, 0.5) is 10.1 Å². The van der Waals surface area contributed by atoms with Gasteiger partial charge >= 0.3 is 0 Å². The molecule has 2 aromatic rings. The van der Waals surface area contributed by atoms with Gasteiger partial charge in [-0.2, -0.15) is 0 Å². The van der Waals surface area contributed by atoms with Crippen LogP contribution in [0.1, 0.15) is 33.5 Å². The summed E-state index contributed by atoms with van der Waals surface area (Å²) >= 11 is 0. The van der Waals surface area contributed by atoms with E-state index in [1.165, 1.54) is 29.7 Å². The smallest absolute Gasteiger partial charge is 0.169 e. The topological polar surface area (TPSA) is 43.1 Å². The van der Waals surface area contributed by atoms with E-state index in [-0.39, 0.29) is 23.5 Å². The maximum Gasteiger partial charge on any atom is 0.169 e. The summed E-state index contributed by atoms with van der Waals surface area (Å²) in [6, 6.07) is 10.5. The number of Topliss-reactive ketones (excluding diaryl/α,β-unsaturated/α-hetero) is 1. The van der Waals surface area contributed by atoms with Crippen molar-refractivity contribution in [1.82, 2.24) is 0 Å². The molecule has 2 nitrogen and oxygen atoms in total. The number of fused-ring (bicyclic) bond motifs is 1. The Kier molecular flexibility index (Phi) is 3.26. The van der Waals surface area contributed by atoms with Crippen molar-refractivity contribution in [1.29, 1.82) is 0 Å². The zero-order valence-electron chi connectivity index (χ0n) is 11.2. The first-order chi connectivity index (χ1) is 9.65. The van der Waals surface area contributed by atoms with Gasteiger partial charge < -0.3 is 5.73 Å². The molecule has 0 saturated heterocycles. The summed E-state index contributed by atoms with van der Waals surface area (Å²) in [5, 5.41) is 0. The largest absolute Gasteiger partial charge is 0.396 e. The SMILES string of the molecule is Nc1c(F)cccc1C(=O)Cc1ccc2c(c1)CCC2. The minimum absolute atomic E-state index is 0.0568. The zero-order chi connectivity index (χ0) is 14.1. The Morgan fingerprint density at radius 2 is 1.95 bits per heavy atom. The second kappa shape index (κ2) is 5.08. The first-order valence-electron chi connectivity index (χ1n) is 6.83. The fraction of sp³-hybridized carbons (Fsp3) is 0.235. The van der Waals surface area contributed by atoms with Crippen LogP contribution in [0.15, 0.2) is 36.4 Å². The summed E-state index contributed by atoms with van der Waals surface area (Å²) in [5.74, 6) is -0.676. The van der Waals surface area contributed by atoms with E-state index in [4.69, 9.17) is 5.73 Å². The highest BCUT2D eigenvalue weighted by atomic mass is 19.1. The highest BCUT2D eigenvalue weighted by molar-refractivity contribution is 6.02. The Morgan fingerprint density at radius 3 is 2.80 bits per heavy atom. The lowest BCUT2D eigenvalue weighted by Gasteiger charge is -2.07. The lowest BCUT2D eigenvalue weighted by molar-refractivity contribution is 0.0993. The lowest BCUT2D eigenvalue weighted by atomic mass is 9.98. The predicted octanol–water partition coefficient (Wildman–Crippen LogP) is 3.32. The van der Waals surface area contributed by atoms with Crippen LogP contribution in [0.3, 0.4) is 0 Å². The van der Waals surface area contributed by atoms with Gasteiger partial charge in [0.15, 0.2) is 5.78 Å². The molecule has 0 atom stereocenters. The van der Waals surface area contributed by atoms with Crippen LogP contribution in [0.5, 0.6) is 0 Å². The molecule has 0 saturated carbocycles. The number of hydrogen-bond donors (Lipinski definition) is 1. The van der Waals surface area contributed by atoms with Gasteiger partial charge in [0, 0.05) is 12.0 Å². The Balaban J connectivity index is 1.84. The van der Waals surface area contributed by atoms with Gasteiger partial charge in [-0.3, -0.25) is 4.79 Å². The maximum atomic E-state index is 13.4. The fourth-order valence-corrected chi connectivity index (χ4v) is 2.80. The van der Waals surface area contributed by atoms with Crippen molar-refractivity contribution < 1.29 is 9.18 Å². The van der Waals surface area contributed by atoms with Gasteiger partial charge in [-0.05, 0) is 48.1 Å². The predicted molar refractivity (Wildman–Crippen MR) is 77.3 cm³/mol. The summed E-state index contributed by atoms with van der Waals surface area (Å²) < 4.78 is 13.4. The molecule has 0 amide bonds. The Labute approximate surface area is 117 Å². The van der Waals surface area contributed by atoms with E-state index in [0.29, 0.717) is 0 Å². The zero-order valence-corrected chi connectivity index (χ0v) is 11.2. The second-order valence-electron chi connectivity index (χ2n) is 5.26. The maximum absolute atomic E-state index is 13.4. The van der Waals surface area contributed by atoms with Crippen molar-refractivity contribution >= 4 is 11.5 Å². The van der Waals surface area contributed by atoms with Crippen molar-refractivity contribution in [3.63, 3.8) is 0 Å². The number of para-hydroxylation sites is 1. The molecule has 3 heteroatoms. The van der Waals surface area contributed by atoms with E-state index in [9.17, 15) is 9.18 Å². The highest BCUT2D eigenvalue weighted by Gasteiger charge is 2.15. The molecule has 0 aromatic heterocycles. The van der Waals surface area contributed by atoms with Gasteiger partial charge in [0.2, 0.25) is 0 Å². The minimum atomic E-state index is -0.537. The number of rotatable bonds is 3. The van der Waals surface area contributed by atoms with Gasteiger partial charge in [0.1, 0.15) is 5.82 Å². The number of hydrogen-bond acceptors (Lipinski definition) is 2. The van der Waals surface area contributed by atoms with Gasteiger partial charge in [-0.1, -0.05) is 24.3 Å². The number of carbonyl (C=O) groups excluding carboxylic acids is 1. The molecule has 3 rings (SSSR count). The number of nitrogen functional groups attached to an aromatic ring is 1. The number of carbonyl (C=O) groups is 1. The summed E-state index contributed by atoms with van der Waals surface area (Å²) in [4.78, 5) is 12.2. The molecule has 0 bridgehead atoms. The average molecular weight is 269 g/mol. The van der Waals surface area contributed by atoms with Crippen LogP contribution in [-0.2, 0) is 19.3 Å². The molecule has 102 valence electrons. The van der Waals surface area contributed by atoms with E-state index in [0.717, 1.165) is 18.4 Å². The van der Waals surface area contributed by atoms with Gasteiger partial charge in [0.25, 0.3) is 0 Å². The van der Waals surface area contributed by atoms with Gasteiger partial charge in [0.05, 0.1) is 5.69 Å². The molecule has 0 unspecified atom stereocenters. The second-order valence-corrected chi connectivity index (χ2v) is 5.26. The highest BCUT2D eigenvalue weighted by Crippen LogP contribution is 2.24. The number of halogens is 1. The van der Waals surface area contributed by atoms with E-state index >= 15 is 0 Å². The number of ketones is 1. The summed E-state index contributed by atoms with van der Waals surface area (Å²) in [6.45, 7) is 0. The quantitative estimate of drug-likeness (QED) is 0.686. The molecule has 0 spiro atoms. The van der Waals surface area contributed by atoms with Crippen molar-refractivity contribution in [3.8, 4) is 0 Å². The summed E-state index contributed by atoms with van der Waals surface area (Å²) in [6.07, 6.45) is 3.66. The van der Waals surface area contributed by atoms with Gasteiger partial charge in [-0.25, -0.2) is 4.39 Å². The van der Waals surface area contributed by atoms with Crippen molar-refractivity contribution in [3.05, 3.63) is 64.5 Å². The molecule has 0 heterocycles. The first kappa shape index (κ1) is 12.9. The summed E-state index contributed by atoms with van der Waals surface area (Å²) in [5.41, 5.74) is 9.53. The molecule has 2 aromatic carbocycles. The minimum Gasteiger partial charge on any atom is -0.396 e. The molecule has 0 fully saturated rings. The Hall–Kier alpha value is -2.16. The lowest BCUT2D eigenvalue weighted by Crippen LogP contribution is -2.08. The van der Waals surface area contributed by atoms with E-state index in [1.54, 1.807) is 6.07 Å². The Bertz CT molecular complexity index is 679. The summed E-state index contributed by atoms with van der Waals surface area (Å²) in [7, 11) is 0. The van der Waals surface area contributed by atoms with Crippen molar-refractivity contribution in [2.45, 2.75) is 25.7 Å². The van der Waals surface area contributed by atoms with E-state index in [2.05, 4.69) is 12.1 Å². The van der Waals surface area contributed by atoms with Crippen molar-refractivity contribution in [2.24, 2.45) is 0 Å². The third-order valence-electron chi connectivity index (χ3n) is 3.88.